The number of hydrogen-bond donors (Lipinski definition) is 4. The van der Waals surface area contributed by atoms with Crippen molar-refractivity contribution < 1.29 is 37.8 Å². The molecule has 0 aromatic heterocycles. The van der Waals surface area contributed by atoms with E-state index in [9.17, 15) is 13.2 Å². The Morgan fingerprint density at radius 3 is 2.14 bits per heavy atom. The van der Waals surface area contributed by atoms with E-state index in [1.54, 1.807) is 37.3 Å². The number of carbonyl (C=O) groups is 3. The highest BCUT2D eigenvalue weighted by Crippen LogP contribution is 2.30. The molecule has 0 spiro atoms. The number of carbonyl (C=O) groups excluding carboxylic acids is 1. The number of methoxy groups -OCH3 is 1. The summed E-state index contributed by atoms with van der Waals surface area (Å²) in [6.45, 7) is 7.16. The molecule has 36 heavy (non-hydrogen) atoms. The topological polar surface area (TPSA) is 162 Å². The predicted octanol–water partition coefficient (Wildman–Crippen LogP) is 2.64. The van der Waals surface area contributed by atoms with Crippen molar-refractivity contribution in [1.29, 1.82) is 0 Å². The van der Waals surface area contributed by atoms with Crippen molar-refractivity contribution in [3.63, 3.8) is 0 Å². The van der Waals surface area contributed by atoms with Gasteiger partial charge in [0.15, 0.2) is 0 Å². The number of carboxylic acids is 2. The van der Waals surface area contributed by atoms with Crippen LogP contribution in [0.5, 0.6) is 5.75 Å². The molecule has 0 bridgehead atoms. The van der Waals surface area contributed by atoms with Crippen molar-refractivity contribution in [1.82, 2.24) is 5.32 Å². The first-order valence-electron chi connectivity index (χ1n) is 11.2. The number of para-hydroxylation sites is 1. The van der Waals surface area contributed by atoms with E-state index in [4.69, 9.17) is 24.5 Å². The molecule has 11 nitrogen and oxygen atoms in total. The standard InChI is InChI=1S/C22H31N3O4S.C2H2O4/c1-5-25(18-9-7-6-8-10-18)30(27,28)19-11-12-21(29-4)20(15-19)24-22(26)16-23-14-13-17(2)3;3-1(4)2(5)6/h6-12,15,17,23H,5,13-14,16H2,1-4H3,(H,24,26);(H,3,4)(H,5,6). The zero-order chi connectivity index (χ0) is 27.3. The van der Waals surface area contributed by atoms with Gasteiger partial charge in [-0.05, 0) is 56.1 Å². The van der Waals surface area contributed by atoms with Gasteiger partial charge < -0.3 is 25.6 Å². The van der Waals surface area contributed by atoms with Crippen LogP contribution in [-0.2, 0) is 24.4 Å². The molecule has 0 heterocycles. The molecule has 2 aromatic rings. The predicted molar refractivity (Wildman–Crippen MR) is 136 cm³/mol. The second-order valence-corrected chi connectivity index (χ2v) is 9.75. The maximum atomic E-state index is 13.2. The van der Waals surface area contributed by atoms with Crippen LogP contribution in [0.3, 0.4) is 0 Å². The molecule has 0 atom stereocenters. The van der Waals surface area contributed by atoms with Gasteiger partial charge in [0, 0.05) is 6.54 Å². The average molecular weight is 524 g/mol. The van der Waals surface area contributed by atoms with E-state index in [0.29, 0.717) is 23.0 Å². The van der Waals surface area contributed by atoms with Crippen molar-refractivity contribution in [3.05, 3.63) is 48.5 Å². The Balaban J connectivity index is 0.000000960. The summed E-state index contributed by atoms with van der Waals surface area (Å²) >= 11 is 0. The SMILES string of the molecule is CCN(c1ccccc1)S(=O)(=O)c1ccc(OC)c(NC(=O)CNCCC(C)C)c1.O=C(O)C(=O)O. The van der Waals surface area contributed by atoms with Gasteiger partial charge >= 0.3 is 11.9 Å². The molecule has 0 fully saturated rings. The lowest BCUT2D eigenvalue weighted by Crippen LogP contribution is -2.31. The Hall–Kier alpha value is -3.64. The summed E-state index contributed by atoms with van der Waals surface area (Å²) in [5.74, 6) is -2.96. The van der Waals surface area contributed by atoms with Gasteiger partial charge in [0.05, 0.1) is 29.9 Å². The van der Waals surface area contributed by atoms with Gasteiger partial charge in [-0.2, -0.15) is 0 Å². The van der Waals surface area contributed by atoms with Crippen LogP contribution in [0.2, 0.25) is 0 Å². The van der Waals surface area contributed by atoms with E-state index in [0.717, 1.165) is 13.0 Å². The number of ether oxygens (including phenoxy) is 1. The van der Waals surface area contributed by atoms with E-state index in [1.165, 1.54) is 23.5 Å². The van der Waals surface area contributed by atoms with E-state index in [2.05, 4.69) is 24.5 Å². The molecular weight excluding hydrogens is 490 g/mol. The first kappa shape index (κ1) is 30.4. The highest BCUT2D eigenvalue weighted by Gasteiger charge is 2.25. The molecule has 198 valence electrons. The molecule has 12 heteroatoms. The van der Waals surface area contributed by atoms with E-state index >= 15 is 0 Å². The molecular formula is C24H33N3O8S. The summed E-state index contributed by atoms with van der Waals surface area (Å²) in [6, 6.07) is 13.4. The number of aliphatic carboxylic acids is 2. The van der Waals surface area contributed by atoms with Crippen LogP contribution in [0, 0.1) is 5.92 Å². The maximum absolute atomic E-state index is 13.2. The van der Waals surface area contributed by atoms with Gasteiger partial charge in [-0.3, -0.25) is 9.10 Å². The van der Waals surface area contributed by atoms with Gasteiger partial charge in [0.1, 0.15) is 5.75 Å². The molecule has 2 aromatic carbocycles. The van der Waals surface area contributed by atoms with Crippen LogP contribution in [0.25, 0.3) is 0 Å². The smallest absolute Gasteiger partial charge is 0.414 e. The largest absolute Gasteiger partial charge is 0.495 e. The number of anilines is 2. The summed E-state index contributed by atoms with van der Waals surface area (Å²) in [6.07, 6.45) is 0.969. The molecule has 0 saturated carbocycles. The Kier molecular flexibility index (Phi) is 12.4. The van der Waals surface area contributed by atoms with Crippen LogP contribution >= 0.6 is 0 Å². The normalized spacial score (nSPS) is 10.7. The number of sulfonamides is 1. The fourth-order valence-corrected chi connectivity index (χ4v) is 4.45. The lowest BCUT2D eigenvalue weighted by atomic mass is 10.1. The quantitative estimate of drug-likeness (QED) is 0.256. The molecule has 2 rings (SSSR count). The highest BCUT2D eigenvalue weighted by molar-refractivity contribution is 7.92. The summed E-state index contributed by atoms with van der Waals surface area (Å²) in [4.78, 5) is 30.6. The third kappa shape index (κ3) is 9.55. The monoisotopic (exact) mass is 523 g/mol. The highest BCUT2D eigenvalue weighted by atomic mass is 32.2. The Morgan fingerprint density at radius 1 is 1.03 bits per heavy atom. The fraction of sp³-hybridized carbons (Fsp3) is 0.375. The van der Waals surface area contributed by atoms with Gasteiger partial charge in [-0.1, -0.05) is 32.0 Å². The minimum atomic E-state index is -3.81. The zero-order valence-corrected chi connectivity index (χ0v) is 21.5. The van der Waals surface area contributed by atoms with E-state index in [1.807, 2.05) is 6.07 Å². The number of amides is 1. The number of hydrogen-bond acceptors (Lipinski definition) is 7. The zero-order valence-electron chi connectivity index (χ0n) is 20.7. The van der Waals surface area contributed by atoms with Crippen LogP contribution < -0.4 is 19.7 Å². The molecule has 1 amide bonds. The molecule has 4 N–H and O–H groups in total. The molecule has 0 aliphatic carbocycles. The second kappa shape index (κ2) is 14.7. The second-order valence-electron chi connectivity index (χ2n) is 7.89. The van der Waals surface area contributed by atoms with Crippen molar-refractivity contribution in [2.45, 2.75) is 32.1 Å². The summed E-state index contributed by atoms with van der Waals surface area (Å²) in [7, 11) is -2.33. The minimum absolute atomic E-state index is 0.0806. The van der Waals surface area contributed by atoms with Crippen molar-refractivity contribution in [2.75, 3.05) is 36.4 Å². The lowest BCUT2D eigenvalue weighted by molar-refractivity contribution is -0.159. The minimum Gasteiger partial charge on any atom is -0.495 e. The summed E-state index contributed by atoms with van der Waals surface area (Å²) in [5, 5.41) is 20.6. The number of carboxylic acid groups (broad SMARTS) is 2. The number of nitrogens with zero attached hydrogens (tertiary/aromatic N) is 1. The van der Waals surface area contributed by atoms with Crippen molar-refractivity contribution in [3.8, 4) is 5.75 Å². The third-order valence-corrected chi connectivity index (χ3v) is 6.63. The Bertz CT molecular complexity index is 1110. The number of benzene rings is 2. The maximum Gasteiger partial charge on any atom is 0.414 e. The Labute approximate surface area is 211 Å². The van der Waals surface area contributed by atoms with Crippen LogP contribution in [0.4, 0.5) is 11.4 Å². The molecule has 0 unspecified atom stereocenters. The average Bonchev–Trinajstić information content (AvgIpc) is 2.83. The van der Waals surface area contributed by atoms with E-state index in [-0.39, 0.29) is 23.9 Å². The number of rotatable bonds is 11. The van der Waals surface area contributed by atoms with Crippen molar-refractivity contribution >= 4 is 39.2 Å². The lowest BCUT2D eigenvalue weighted by Gasteiger charge is -2.23. The van der Waals surface area contributed by atoms with E-state index < -0.39 is 22.0 Å². The van der Waals surface area contributed by atoms with Crippen molar-refractivity contribution in [2.24, 2.45) is 5.92 Å². The summed E-state index contributed by atoms with van der Waals surface area (Å²) < 4.78 is 33.1. The van der Waals surface area contributed by atoms with Gasteiger partial charge in [-0.25, -0.2) is 18.0 Å². The first-order valence-corrected chi connectivity index (χ1v) is 12.6. The van der Waals surface area contributed by atoms with Gasteiger partial charge in [0.2, 0.25) is 5.91 Å². The van der Waals surface area contributed by atoms with Crippen LogP contribution in [-0.4, -0.2) is 63.2 Å². The first-order chi connectivity index (χ1) is 16.9. The Morgan fingerprint density at radius 2 is 1.64 bits per heavy atom. The molecule has 0 saturated heterocycles. The fourth-order valence-electron chi connectivity index (χ4n) is 2.95. The third-order valence-electron chi connectivity index (χ3n) is 4.73. The molecule has 0 radical (unpaired) electrons. The van der Waals surface area contributed by atoms with Crippen LogP contribution in [0.15, 0.2) is 53.4 Å². The summed E-state index contributed by atoms with van der Waals surface area (Å²) in [5.41, 5.74) is 0.897. The van der Waals surface area contributed by atoms with Gasteiger partial charge in [0.25, 0.3) is 10.0 Å². The number of nitrogens with one attached hydrogen (secondary N) is 2. The molecule has 0 aliphatic rings. The van der Waals surface area contributed by atoms with Crippen LogP contribution in [0.1, 0.15) is 27.2 Å². The van der Waals surface area contributed by atoms with Gasteiger partial charge in [-0.15, -0.1) is 0 Å². The molecule has 0 aliphatic heterocycles.